The Balaban J connectivity index is 1.64. The zero-order chi connectivity index (χ0) is 13.5. The lowest BCUT2D eigenvalue weighted by molar-refractivity contribution is 0.147. The molecule has 1 aromatic carbocycles. The minimum absolute atomic E-state index is 0.162. The van der Waals surface area contributed by atoms with Crippen molar-refractivity contribution >= 4 is 0 Å². The van der Waals surface area contributed by atoms with Gasteiger partial charge in [0.2, 0.25) is 0 Å². The van der Waals surface area contributed by atoms with E-state index in [-0.39, 0.29) is 11.9 Å². The van der Waals surface area contributed by atoms with Crippen LogP contribution in [-0.4, -0.2) is 19.2 Å². The largest absolute Gasteiger partial charge is 0.490 e. The van der Waals surface area contributed by atoms with E-state index in [0.717, 1.165) is 24.2 Å². The maximum absolute atomic E-state index is 13.2. The molecule has 1 N–H and O–H groups in total. The molecule has 0 amide bonds. The van der Waals surface area contributed by atoms with Gasteiger partial charge in [-0.3, -0.25) is 0 Å². The van der Waals surface area contributed by atoms with Gasteiger partial charge in [0, 0.05) is 18.0 Å². The lowest BCUT2D eigenvalue weighted by Gasteiger charge is -2.27. The molecule has 19 heavy (non-hydrogen) atoms. The van der Waals surface area contributed by atoms with E-state index < -0.39 is 0 Å². The number of nitrogens with one attached hydrogen (secondary N) is 1. The van der Waals surface area contributed by atoms with Crippen LogP contribution < -0.4 is 10.1 Å². The second kappa shape index (κ2) is 4.78. The lowest BCUT2D eigenvalue weighted by atomic mass is 9.82. The van der Waals surface area contributed by atoms with Crippen LogP contribution in [0.15, 0.2) is 18.2 Å². The van der Waals surface area contributed by atoms with Crippen LogP contribution >= 0.6 is 0 Å². The van der Waals surface area contributed by atoms with Gasteiger partial charge in [-0.15, -0.1) is 0 Å². The quantitative estimate of drug-likeness (QED) is 0.903. The molecule has 1 heterocycles. The Morgan fingerprint density at radius 1 is 1.47 bits per heavy atom. The molecule has 3 atom stereocenters. The second-order valence-corrected chi connectivity index (χ2v) is 6.44. The molecule has 3 heteroatoms. The first-order chi connectivity index (χ1) is 9.08. The monoisotopic (exact) mass is 263 g/mol. The topological polar surface area (TPSA) is 21.3 Å². The van der Waals surface area contributed by atoms with Gasteiger partial charge in [-0.25, -0.2) is 4.39 Å². The van der Waals surface area contributed by atoms with Gasteiger partial charge in [-0.2, -0.15) is 0 Å². The molecule has 2 nitrogen and oxygen atoms in total. The molecule has 3 rings (SSSR count). The third-order valence-corrected chi connectivity index (χ3v) is 4.73. The summed E-state index contributed by atoms with van der Waals surface area (Å²) in [5.41, 5.74) is 1.38. The molecule has 104 valence electrons. The van der Waals surface area contributed by atoms with Crippen LogP contribution in [0, 0.1) is 11.2 Å². The second-order valence-electron chi connectivity index (χ2n) is 6.44. The Bertz CT molecular complexity index is 476. The van der Waals surface area contributed by atoms with E-state index in [1.165, 1.54) is 25.3 Å². The normalized spacial score (nSPS) is 33.2. The highest BCUT2D eigenvalue weighted by Crippen LogP contribution is 2.44. The van der Waals surface area contributed by atoms with Crippen LogP contribution in [-0.2, 0) is 6.42 Å². The van der Waals surface area contributed by atoms with Gasteiger partial charge in [0.25, 0.3) is 0 Å². The van der Waals surface area contributed by atoms with E-state index in [2.05, 4.69) is 12.2 Å². The van der Waals surface area contributed by atoms with E-state index in [1.54, 1.807) is 12.1 Å². The van der Waals surface area contributed by atoms with Crippen LogP contribution in [0.25, 0.3) is 0 Å². The maximum Gasteiger partial charge on any atom is 0.123 e. The SMILES string of the molecule is CNC1CCC(C)(CC2Cc3cc(F)ccc3O2)C1. The van der Waals surface area contributed by atoms with Gasteiger partial charge < -0.3 is 10.1 Å². The predicted molar refractivity (Wildman–Crippen MR) is 73.9 cm³/mol. The summed E-state index contributed by atoms with van der Waals surface area (Å²) < 4.78 is 19.2. The average molecular weight is 263 g/mol. The first-order valence-electron chi connectivity index (χ1n) is 7.20. The van der Waals surface area contributed by atoms with Crippen LogP contribution in [0.5, 0.6) is 5.75 Å². The molecule has 0 aromatic heterocycles. The Kier molecular flexibility index (Phi) is 3.25. The fourth-order valence-corrected chi connectivity index (χ4v) is 3.71. The number of hydrogen-bond acceptors (Lipinski definition) is 2. The summed E-state index contributed by atoms with van der Waals surface area (Å²) in [6.07, 6.45) is 5.87. The number of hydrogen-bond donors (Lipinski definition) is 1. The summed E-state index contributed by atoms with van der Waals surface area (Å²) in [5.74, 6) is 0.712. The zero-order valence-electron chi connectivity index (χ0n) is 11.7. The predicted octanol–water partition coefficient (Wildman–Crippen LogP) is 3.30. The lowest BCUT2D eigenvalue weighted by Crippen LogP contribution is -2.27. The van der Waals surface area contributed by atoms with Crippen molar-refractivity contribution in [3.05, 3.63) is 29.6 Å². The first-order valence-corrected chi connectivity index (χ1v) is 7.20. The van der Waals surface area contributed by atoms with Gasteiger partial charge in [-0.1, -0.05) is 6.92 Å². The van der Waals surface area contributed by atoms with Crippen molar-refractivity contribution < 1.29 is 9.13 Å². The molecule has 1 aromatic rings. The van der Waals surface area contributed by atoms with Crippen molar-refractivity contribution in [2.75, 3.05) is 7.05 Å². The van der Waals surface area contributed by atoms with Crippen molar-refractivity contribution in [1.82, 2.24) is 5.32 Å². The fourth-order valence-electron chi connectivity index (χ4n) is 3.71. The molecule has 0 bridgehead atoms. The third kappa shape index (κ3) is 2.62. The summed E-state index contributed by atoms with van der Waals surface area (Å²) in [5, 5.41) is 3.38. The molecule has 1 aliphatic carbocycles. The number of benzene rings is 1. The highest BCUT2D eigenvalue weighted by Gasteiger charge is 2.38. The Morgan fingerprint density at radius 2 is 2.32 bits per heavy atom. The van der Waals surface area contributed by atoms with E-state index in [0.29, 0.717) is 11.5 Å². The zero-order valence-corrected chi connectivity index (χ0v) is 11.7. The van der Waals surface area contributed by atoms with E-state index >= 15 is 0 Å². The van der Waals surface area contributed by atoms with E-state index in [1.807, 2.05) is 7.05 Å². The number of ether oxygens (including phenoxy) is 1. The number of halogens is 1. The maximum atomic E-state index is 13.2. The fraction of sp³-hybridized carbons (Fsp3) is 0.625. The molecule has 1 fully saturated rings. The highest BCUT2D eigenvalue weighted by molar-refractivity contribution is 5.37. The molecule has 1 aliphatic heterocycles. The van der Waals surface area contributed by atoms with Crippen molar-refractivity contribution in [1.29, 1.82) is 0 Å². The van der Waals surface area contributed by atoms with Crippen LogP contribution in [0.3, 0.4) is 0 Å². The van der Waals surface area contributed by atoms with E-state index in [4.69, 9.17) is 4.74 Å². The molecule has 2 aliphatic rings. The summed E-state index contributed by atoms with van der Waals surface area (Å²) in [7, 11) is 2.04. The molecule has 1 saturated carbocycles. The van der Waals surface area contributed by atoms with Crippen molar-refractivity contribution in [2.24, 2.45) is 5.41 Å². The average Bonchev–Trinajstić information content (AvgIpc) is 2.92. The van der Waals surface area contributed by atoms with Crippen LogP contribution in [0.1, 0.15) is 38.2 Å². The van der Waals surface area contributed by atoms with Crippen molar-refractivity contribution in [3.63, 3.8) is 0 Å². The molecule has 0 spiro atoms. The molecular weight excluding hydrogens is 241 g/mol. The Hall–Kier alpha value is -1.09. The number of rotatable bonds is 3. The Labute approximate surface area is 114 Å². The van der Waals surface area contributed by atoms with Gasteiger partial charge >= 0.3 is 0 Å². The van der Waals surface area contributed by atoms with Gasteiger partial charge in [0.1, 0.15) is 17.7 Å². The standard InChI is InChI=1S/C16H22FNO/c1-16(6-5-13(9-16)18-2)10-14-8-11-7-12(17)3-4-15(11)19-14/h3-4,7,13-14,18H,5-6,8-10H2,1-2H3. The molecular formula is C16H22FNO. The van der Waals surface area contributed by atoms with Crippen LogP contribution in [0.4, 0.5) is 4.39 Å². The van der Waals surface area contributed by atoms with Gasteiger partial charge in [-0.05, 0) is 56.3 Å². The summed E-state index contributed by atoms with van der Waals surface area (Å²) in [4.78, 5) is 0. The van der Waals surface area contributed by atoms with Crippen LogP contribution in [0.2, 0.25) is 0 Å². The minimum atomic E-state index is -0.162. The number of fused-ring (bicyclic) bond motifs is 1. The molecule has 3 unspecified atom stereocenters. The summed E-state index contributed by atoms with van der Waals surface area (Å²) in [6, 6.07) is 5.50. The smallest absolute Gasteiger partial charge is 0.123 e. The highest BCUT2D eigenvalue weighted by atomic mass is 19.1. The third-order valence-electron chi connectivity index (χ3n) is 4.73. The summed E-state index contributed by atoms with van der Waals surface area (Å²) in [6.45, 7) is 2.36. The van der Waals surface area contributed by atoms with Gasteiger partial charge in [0.15, 0.2) is 0 Å². The summed E-state index contributed by atoms with van der Waals surface area (Å²) >= 11 is 0. The minimum Gasteiger partial charge on any atom is -0.490 e. The first kappa shape index (κ1) is 12.9. The van der Waals surface area contributed by atoms with E-state index in [9.17, 15) is 4.39 Å². The molecule has 0 radical (unpaired) electrons. The molecule has 0 saturated heterocycles. The Morgan fingerprint density at radius 3 is 3.05 bits per heavy atom. The van der Waals surface area contributed by atoms with Crippen molar-refractivity contribution in [2.45, 2.75) is 51.2 Å². The van der Waals surface area contributed by atoms with Gasteiger partial charge in [0.05, 0.1) is 0 Å². The van der Waals surface area contributed by atoms with Crippen molar-refractivity contribution in [3.8, 4) is 5.75 Å².